The smallest absolute Gasteiger partial charge is 0.416 e. The lowest BCUT2D eigenvalue weighted by Crippen LogP contribution is -2.74. The van der Waals surface area contributed by atoms with Gasteiger partial charge in [0.1, 0.15) is 11.9 Å². The predicted octanol–water partition coefficient (Wildman–Crippen LogP) is 5.35. The molecule has 43 heavy (non-hydrogen) atoms. The molecule has 2 N–H and O–H groups in total. The molecule has 228 valence electrons. The van der Waals surface area contributed by atoms with E-state index in [9.17, 15) is 23.1 Å². The van der Waals surface area contributed by atoms with Crippen LogP contribution in [0.3, 0.4) is 0 Å². The van der Waals surface area contributed by atoms with Crippen LogP contribution in [0.15, 0.2) is 43.0 Å². The molecular formula is C34H38F3N2O4+. The second-order valence-electron chi connectivity index (χ2n) is 13.0. The summed E-state index contributed by atoms with van der Waals surface area (Å²) >= 11 is 0. The van der Waals surface area contributed by atoms with Crippen LogP contribution < -0.4 is 14.8 Å². The van der Waals surface area contributed by atoms with Gasteiger partial charge >= 0.3 is 6.18 Å². The number of phenols is 1. The number of methoxy groups -OCH3 is 1. The van der Waals surface area contributed by atoms with Gasteiger partial charge in [0, 0.05) is 53.4 Å². The Morgan fingerprint density at radius 1 is 1.30 bits per heavy atom. The number of nitrogens with zero attached hydrogens (tertiary/aromatic N) is 1. The van der Waals surface area contributed by atoms with Gasteiger partial charge in [-0.25, -0.2) is 0 Å². The Bertz CT molecular complexity index is 1510. The number of quaternary nitrogens is 1. The van der Waals surface area contributed by atoms with Crippen molar-refractivity contribution in [3.05, 3.63) is 65.2 Å². The van der Waals surface area contributed by atoms with Gasteiger partial charge in [-0.3, -0.25) is 4.79 Å². The first-order valence-electron chi connectivity index (χ1n) is 15.0. The van der Waals surface area contributed by atoms with Gasteiger partial charge < -0.3 is 24.4 Å². The van der Waals surface area contributed by atoms with Crippen molar-refractivity contribution in [1.82, 2.24) is 5.32 Å². The largest absolute Gasteiger partial charge is 0.508 e. The fraction of sp³-hybridized carbons (Fsp3) is 0.500. The van der Waals surface area contributed by atoms with Crippen molar-refractivity contribution >= 4 is 5.91 Å². The van der Waals surface area contributed by atoms with Crippen molar-refractivity contribution in [3.8, 4) is 29.1 Å². The summed E-state index contributed by atoms with van der Waals surface area (Å²) in [4.78, 5) is 13.1. The van der Waals surface area contributed by atoms with Gasteiger partial charge in [0.25, 0.3) is 5.91 Å². The van der Waals surface area contributed by atoms with E-state index in [1.54, 1.807) is 13.2 Å². The first-order valence-corrected chi connectivity index (χ1v) is 15.0. The van der Waals surface area contributed by atoms with E-state index in [0.717, 1.165) is 66.6 Å². The van der Waals surface area contributed by atoms with Crippen molar-refractivity contribution in [3.63, 3.8) is 0 Å². The molecule has 2 aromatic rings. The number of rotatable bonds is 6. The number of hydrogen-bond donors (Lipinski definition) is 2. The molecule has 1 amide bonds. The maximum atomic E-state index is 13.1. The monoisotopic (exact) mass is 595 g/mol. The molecule has 2 heterocycles. The van der Waals surface area contributed by atoms with Gasteiger partial charge in [-0.05, 0) is 43.2 Å². The number of likely N-dealkylation sites (tertiary alicyclic amines) is 1. The van der Waals surface area contributed by atoms with Crippen molar-refractivity contribution in [2.75, 3.05) is 26.7 Å². The number of nitrogens with one attached hydrogen (secondary N) is 1. The quantitative estimate of drug-likeness (QED) is 0.269. The molecule has 6 atom stereocenters. The van der Waals surface area contributed by atoms with Crippen molar-refractivity contribution < 1.29 is 37.0 Å². The number of benzene rings is 2. The van der Waals surface area contributed by atoms with Crippen molar-refractivity contribution in [2.24, 2.45) is 11.8 Å². The lowest BCUT2D eigenvalue weighted by molar-refractivity contribution is -0.960. The molecule has 0 radical (unpaired) electrons. The first-order chi connectivity index (χ1) is 20.4. The summed E-state index contributed by atoms with van der Waals surface area (Å²) in [6, 6.07) is 6.03. The van der Waals surface area contributed by atoms with Crippen LogP contribution in [0.1, 0.15) is 55.4 Å². The molecule has 1 saturated carbocycles. The molecular weight excluding hydrogens is 557 g/mol. The highest BCUT2D eigenvalue weighted by atomic mass is 19.4. The van der Waals surface area contributed by atoms with Crippen LogP contribution in [0.4, 0.5) is 13.2 Å². The molecule has 1 saturated heterocycles. The molecule has 9 heteroatoms. The summed E-state index contributed by atoms with van der Waals surface area (Å²) in [6.07, 6.45) is 0.407. The van der Waals surface area contributed by atoms with Gasteiger partial charge in [0.2, 0.25) is 0 Å². The third kappa shape index (κ3) is 4.66. The molecule has 6 nitrogen and oxygen atoms in total. The highest BCUT2D eigenvalue weighted by molar-refractivity contribution is 5.94. The zero-order chi connectivity index (χ0) is 30.7. The minimum absolute atomic E-state index is 0.222. The maximum absolute atomic E-state index is 13.1. The number of aromatic hydroxyl groups is 1. The second kappa shape index (κ2) is 10.5. The molecule has 0 aromatic heterocycles. The molecule has 4 aliphatic rings. The predicted molar refractivity (Wildman–Crippen MR) is 156 cm³/mol. The molecule has 2 fully saturated rings. The third-order valence-electron chi connectivity index (χ3n) is 10.2. The summed E-state index contributed by atoms with van der Waals surface area (Å²) in [5.41, 5.74) is 1.12. The summed E-state index contributed by atoms with van der Waals surface area (Å²) < 4.78 is 52.1. The number of ether oxygens (including phenoxy) is 2. The van der Waals surface area contributed by atoms with E-state index < -0.39 is 23.1 Å². The third-order valence-corrected chi connectivity index (χ3v) is 10.2. The number of carbonyl (C=O) groups is 1. The van der Waals surface area contributed by atoms with Gasteiger partial charge in [-0.1, -0.05) is 26.3 Å². The van der Waals surface area contributed by atoms with Gasteiger partial charge in [0.15, 0.2) is 11.5 Å². The lowest BCUT2D eigenvalue weighted by Gasteiger charge is -2.63. The van der Waals surface area contributed by atoms with E-state index in [0.29, 0.717) is 29.4 Å². The van der Waals surface area contributed by atoms with Gasteiger partial charge in [-0.2, -0.15) is 13.2 Å². The van der Waals surface area contributed by atoms with E-state index in [2.05, 4.69) is 37.6 Å². The van der Waals surface area contributed by atoms with Crippen LogP contribution in [0.5, 0.6) is 17.2 Å². The fourth-order valence-electron chi connectivity index (χ4n) is 8.84. The molecule has 6 rings (SSSR count). The normalized spacial score (nSPS) is 30.0. The Morgan fingerprint density at radius 2 is 2.05 bits per heavy atom. The standard InChI is InChI=1S/C34H37F3N2O4/c1-5-15-39(19-20(2)3)16-14-33-24-11-12-25(38-29(41)13-8-21-6-9-22(10-7-21)34(35,36)37)32(33)43-31-28(42-4)18-27(40)23(30(31)33)17-26(24)39/h5-7,9-10,18,20,24-26,32H,1,11-12,14-17,19H2,2-4H3,(H-,38,40,41)/p+1/t24-,25-,26+,32-,33-,39?/m0/s1. The summed E-state index contributed by atoms with van der Waals surface area (Å²) in [7, 11) is 1.56. The Labute approximate surface area is 250 Å². The summed E-state index contributed by atoms with van der Waals surface area (Å²) in [6.45, 7) is 11.4. The van der Waals surface area contributed by atoms with Crippen LogP contribution >= 0.6 is 0 Å². The summed E-state index contributed by atoms with van der Waals surface area (Å²) in [5, 5.41) is 14.4. The number of carbonyl (C=O) groups excluding carboxylic acids is 1. The van der Waals surface area contributed by atoms with Crippen molar-refractivity contribution in [1.29, 1.82) is 0 Å². The number of piperidine rings is 1. The van der Waals surface area contributed by atoms with E-state index in [1.165, 1.54) is 12.1 Å². The lowest BCUT2D eigenvalue weighted by atomic mass is 9.50. The van der Waals surface area contributed by atoms with Gasteiger partial charge in [-0.15, -0.1) is 0 Å². The van der Waals surface area contributed by atoms with Crippen LogP contribution in [-0.4, -0.2) is 60.4 Å². The van der Waals surface area contributed by atoms with E-state index >= 15 is 0 Å². The van der Waals surface area contributed by atoms with E-state index in [1.807, 2.05) is 6.08 Å². The van der Waals surface area contributed by atoms with Crippen LogP contribution in [0.25, 0.3) is 0 Å². The zero-order valence-electron chi connectivity index (χ0n) is 24.8. The highest BCUT2D eigenvalue weighted by Crippen LogP contribution is 2.66. The molecule has 2 bridgehead atoms. The Morgan fingerprint density at radius 3 is 2.70 bits per heavy atom. The fourth-order valence-corrected chi connectivity index (χ4v) is 8.84. The molecule has 2 aromatic carbocycles. The Balaban J connectivity index is 1.34. The Hall–Kier alpha value is -3.64. The Kier molecular flexibility index (Phi) is 7.20. The van der Waals surface area contributed by atoms with Crippen LogP contribution in [-0.2, 0) is 22.8 Å². The number of phenolic OH excluding ortho intramolecular Hbond substituents is 1. The maximum Gasteiger partial charge on any atom is 0.416 e. The van der Waals surface area contributed by atoms with Gasteiger partial charge in [0.05, 0.1) is 49.8 Å². The average Bonchev–Trinajstić information content (AvgIpc) is 3.30. The minimum Gasteiger partial charge on any atom is -0.508 e. The highest BCUT2D eigenvalue weighted by Gasteiger charge is 2.70. The molecule has 2 aliphatic heterocycles. The molecule has 1 unspecified atom stereocenters. The first kappa shape index (κ1) is 29.4. The van der Waals surface area contributed by atoms with Crippen LogP contribution in [0, 0.1) is 23.7 Å². The SMILES string of the molecule is C=CC[N+]1(CC(C)C)CC[C@]23c4c5c(O)cc(OC)c4O[C@H]2[C@@H](NC(=O)C#Cc2ccc(C(F)(F)F)cc2)CC[C@H]3[C@H]1C5. The topological polar surface area (TPSA) is 67.8 Å². The summed E-state index contributed by atoms with van der Waals surface area (Å²) in [5.74, 6) is 6.90. The average molecular weight is 596 g/mol. The van der Waals surface area contributed by atoms with E-state index in [4.69, 9.17) is 9.47 Å². The second-order valence-corrected chi connectivity index (χ2v) is 13.0. The van der Waals surface area contributed by atoms with E-state index in [-0.39, 0.29) is 29.9 Å². The van der Waals surface area contributed by atoms with Crippen molar-refractivity contribution in [2.45, 2.75) is 69.3 Å². The molecule has 1 spiro atoms. The molecule has 2 aliphatic carbocycles. The minimum atomic E-state index is -4.43. The van der Waals surface area contributed by atoms with Crippen LogP contribution in [0.2, 0.25) is 0 Å². The number of amides is 1. The number of alkyl halides is 3. The number of hydrogen-bond acceptors (Lipinski definition) is 4. The number of halogens is 3. The zero-order valence-corrected chi connectivity index (χ0v) is 24.8.